The van der Waals surface area contributed by atoms with E-state index in [1.54, 1.807) is 11.8 Å². The van der Waals surface area contributed by atoms with Crippen molar-refractivity contribution in [1.29, 1.82) is 0 Å². The van der Waals surface area contributed by atoms with Gasteiger partial charge in [0.05, 0.1) is 11.8 Å². The summed E-state index contributed by atoms with van der Waals surface area (Å²) in [5.41, 5.74) is 5.34. The van der Waals surface area contributed by atoms with Crippen LogP contribution in [0.4, 0.5) is 0 Å². The third-order valence-electron chi connectivity index (χ3n) is 3.41. The smallest absolute Gasteiger partial charge is 0.177 e. The van der Waals surface area contributed by atoms with Crippen molar-refractivity contribution < 1.29 is 0 Å². The van der Waals surface area contributed by atoms with Gasteiger partial charge < -0.3 is 0 Å². The van der Waals surface area contributed by atoms with Gasteiger partial charge in [-0.2, -0.15) is 5.10 Å². The van der Waals surface area contributed by atoms with E-state index in [1.807, 2.05) is 12.1 Å². The second-order valence-corrected chi connectivity index (χ2v) is 6.72. The van der Waals surface area contributed by atoms with Crippen molar-refractivity contribution in [3.05, 3.63) is 34.3 Å². The first-order chi connectivity index (χ1) is 9.31. The third kappa shape index (κ3) is 3.39. The quantitative estimate of drug-likeness (QED) is 0.891. The van der Waals surface area contributed by atoms with E-state index in [9.17, 15) is 0 Å². The molecule has 1 N–H and O–H groups in total. The number of hydrogen-bond acceptors (Lipinski definition) is 3. The number of amidine groups is 1. The van der Waals surface area contributed by atoms with E-state index < -0.39 is 0 Å². The molecule has 1 aliphatic heterocycles. The molecule has 3 nitrogen and oxygen atoms in total. The average molecular weight is 338 g/mol. The van der Waals surface area contributed by atoms with Crippen LogP contribution in [0.25, 0.3) is 0 Å². The Balaban J connectivity index is 1.69. The predicted octanol–water partition coefficient (Wildman–Crippen LogP) is 3.79. The fourth-order valence-corrected chi connectivity index (χ4v) is 3.64. The largest absolute Gasteiger partial charge is 0.258 e. The van der Waals surface area contributed by atoms with Crippen LogP contribution < -0.4 is 5.43 Å². The Morgan fingerprint density at radius 3 is 2.84 bits per heavy atom. The normalized spacial score (nSPS) is 22.4. The van der Waals surface area contributed by atoms with E-state index in [0.29, 0.717) is 6.04 Å². The number of benzene rings is 1. The number of thioether (sulfide) groups is 1. The van der Waals surface area contributed by atoms with Gasteiger partial charge in [0, 0.05) is 10.2 Å². The van der Waals surface area contributed by atoms with E-state index >= 15 is 0 Å². The van der Waals surface area contributed by atoms with Gasteiger partial charge in [0.2, 0.25) is 0 Å². The Kier molecular flexibility index (Phi) is 4.23. The summed E-state index contributed by atoms with van der Waals surface area (Å²) >= 11 is 5.24. The molecule has 0 aromatic heterocycles. The van der Waals surface area contributed by atoms with E-state index in [2.05, 4.69) is 38.6 Å². The molecule has 1 fully saturated rings. The number of nitrogens with one attached hydrogen (secondary N) is 1. The molecule has 0 bridgehead atoms. The minimum absolute atomic E-state index is 0.512. The molecule has 100 valence electrons. The van der Waals surface area contributed by atoms with Gasteiger partial charge in [-0.25, -0.2) is 0 Å². The lowest BCUT2D eigenvalue weighted by molar-refractivity contribution is 0.703. The summed E-state index contributed by atoms with van der Waals surface area (Å²) in [6, 6.07) is 8.76. The Morgan fingerprint density at radius 1 is 1.32 bits per heavy atom. The minimum atomic E-state index is 0.512. The van der Waals surface area contributed by atoms with Gasteiger partial charge in [0.1, 0.15) is 0 Å². The van der Waals surface area contributed by atoms with Gasteiger partial charge in [0.15, 0.2) is 5.17 Å². The number of hydrazone groups is 1. The molecule has 0 atom stereocenters. The molecule has 1 aromatic carbocycles. The fourth-order valence-electron chi connectivity index (χ4n) is 2.40. The molecule has 2 aliphatic rings. The van der Waals surface area contributed by atoms with Gasteiger partial charge >= 0.3 is 0 Å². The summed E-state index contributed by atoms with van der Waals surface area (Å²) in [5.74, 6) is 0.884. The van der Waals surface area contributed by atoms with Crippen LogP contribution in [-0.2, 0) is 0 Å². The number of hydrogen-bond donors (Lipinski definition) is 1. The van der Waals surface area contributed by atoms with E-state index in [4.69, 9.17) is 4.99 Å². The maximum Gasteiger partial charge on any atom is 0.177 e. The molecule has 5 heteroatoms. The molecule has 0 saturated heterocycles. The number of aliphatic imine (C=N–C) groups is 1. The maximum atomic E-state index is 4.73. The molecular weight excluding hydrogens is 322 g/mol. The van der Waals surface area contributed by atoms with Crippen molar-refractivity contribution >= 4 is 38.6 Å². The van der Waals surface area contributed by atoms with E-state index in [-0.39, 0.29) is 0 Å². The first-order valence-electron chi connectivity index (χ1n) is 6.60. The van der Waals surface area contributed by atoms with E-state index in [0.717, 1.165) is 26.7 Å². The summed E-state index contributed by atoms with van der Waals surface area (Å²) in [4.78, 5) is 4.73. The Hall–Kier alpha value is -0.810. The van der Waals surface area contributed by atoms with Gasteiger partial charge in [-0.3, -0.25) is 10.4 Å². The van der Waals surface area contributed by atoms with Crippen LogP contribution in [0.3, 0.4) is 0 Å². The highest BCUT2D eigenvalue weighted by Crippen LogP contribution is 2.23. The van der Waals surface area contributed by atoms with Crippen molar-refractivity contribution in [2.24, 2.45) is 10.1 Å². The molecule has 0 radical (unpaired) electrons. The second kappa shape index (κ2) is 6.09. The zero-order chi connectivity index (χ0) is 13.1. The van der Waals surface area contributed by atoms with Gasteiger partial charge in [-0.1, -0.05) is 52.7 Å². The highest BCUT2D eigenvalue weighted by atomic mass is 79.9. The average Bonchev–Trinajstić information content (AvgIpc) is 2.92. The van der Waals surface area contributed by atoms with Crippen LogP contribution in [-0.4, -0.2) is 22.7 Å². The molecule has 1 heterocycles. The van der Waals surface area contributed by atoms with Crippen molar-refractivity contribution in [1.82, 2.24) is 5.43 Å². The highest BCUT2D eigenvalue weighted by Gasteiger charge is 2.17. The second-order valence-electron chi connectivity index (χ2n) is 4.84. The Morgan fingerprint density at radius 2 is 2.16 bits per heavy atom. The van der Waals surface area contributed by atoms with Crippen LogP contribution in [0.2, 0.25) is 0 Å². The van der Waals surface area contributed by atoms with Crippen molar-refractivity contribution in [2.45, 2.75) is 31.7 Å². The summed E-state index contributed by atoms with van der Waals surface area (Å²) in [5, 5.41) is 5.44. The van der Waals surface area contributed by atoms with E-state index in [1.165, 1.54) is 25.7 Å². The fraction of sp³-hybridized carbons (Fsp3) is 0.429. The topological polar surface area (TPSA) is 36.8 Å². The molecule has 0 unspecified atom stereocenters. The van der Waals surface area contributed by atoms with Crippen LogP contribution >= 0.6 is 27.7 Å². The zero-order valence-corrected chi connectivity index (χ0v) is 13.0. The molecule has 3 rings (SSSR count). The first-order valence-corrected chi connectivity index (χ1v) is 8.38. The highest BCUT2D eigenvalue weighted by molar-refractivity contribution is 9.10. The SMILES string of the molecule is Brc1cccc(C2=NNC(=NC3CCCC3)SC2)c1. The van der Waals surface area contributed by atoms with Gasteiger partial charge in [-0.15, -0.1) is 0 Å². The van der Waals surface area contributed by atoms with Crippen molar-refractivity contribution in [3.63, 3.8) is 0 Å². The number of rotatable bonds is 2. The van der Waals surface area contributed by atoms with Crippen LogP contribution in [0.5, 0.6) is 0 Å². The molecule has 0 amide bonds. The number of halogens is 1. The molecule has 1 aromatic rings. The lowest BCUT2D eigenvalue weighted by Gasteiger charge is -2.16. The lowest BCUT2D eigenvalue weighted by Crippen LogP contribution is -2.26. The lowest BCUT2D eigenvalue weighted by atomic mass is 10.1. The summed E-state index contributed by atoms with van der Waals surface area (Å²) in [6.07, 6.45) is 5.10. The van der Waals surface area contributed by atoms with Gasteiger partial charge in [-0.05, 0) is 30.5 Å². The third-order valence-corrected chi connectivity index (χ3v) is 4.80. The molecule has 1 saturated carbocycles. The Bertz CT molecular complexity index is 521. The van der Waals surface area contributed by atoms with Crippen LogP contribution in [0.15, 0.2) is 38.8 Å². The molecule has 19 heavy (non-hydrogen) atoms. The predicted molar refractivity (Wildman–Crippen MR) is 86.0 cm³/mol. The van der Waals surface area contributed by atoms with Crippen molar-refractivity contribution in [2.75, 3.05) is 5.75 Å². The maximum absolute atomic E-state index is 4.73. The molecule has 1 aliphatic carbocycles. The van der Waals surface area contributed by atoms with Crippen LogP contribution in [0.1, 0.15) is 31.2 Å². The standard InChI is InChI=1S/C14H16BrN3S/c15-11-5-3-4-10(8-11)13-9-19-14(18-17-13)16-12-6-1-2-7-12/h3-5,8,12H,1-2,6-7,9H2,(H,16,18). The first kappa shape index (κ1) is 13.2. The van der Waals surface area contributed by atoms with Crippen LogP contribution in [0, 0.1) is 0 Å². The van der Waals surface area contributed by atoms with Gasteiger partial charge in [0.25, 0.3) is 0 Å². The summed E-state index contributed by atoms with van der Waals surface area (Å²) in [6.45, 7) is 0. The molecule has 0 spiro atoms. The minimum Gasteiger partial charge on any atom is -0.258 e. The summed E-state index contributed by atoms with van der Waals surface area (Å²) < 4.78 is 1.09. The Labute approximate surface area is 126 Å². The van der Waals surface area contributed by atoms with Crippen molar-refractivity contribution in [3.8, 4) is 0 Å². The zero-order valence-electron chi connectivity index (χ0n) is 10.6. The number of nitrogens with zero attached hydrogens (tertiary/aromatic N) is 2. The molecular formula is C14H16BrN3S. The summed E-state index contributed by atoms with van der Waals surface area (Å²) in [7, 11) is 0. The monoisotopic (exact) mass is 337 g/mol.